The van der Waals surface area contributed by atoms with Gasteiger partial charge in [-0.1, -0.05) is 24.3 Å². The van der Waals surface area contributed by atoms with Crippen LogP contribution in [0.1, 0.15) is 17.0 Å². The lowest BCUT2D eigenvalue weighted by molar-refractivity contribution is -0.384. The Morgan fingerprint density at radius 1 is 1.24 bits per heavy atom. The van der Waals surface area contributed by atoms with E-state index >= 15 is 0 Å². The first-order chi connectivity index (χ1) is 9.97. The Bertz CT molecular complexity index is 687. The standard InChI is InChI=1S/C15H12FNO4/c16-12-5-2-4-11(9-12)14(15(18)19)8-10-3-1-6-13(7-10)17(20)21/h1-7,9,14H,8H2,(H,18,19). The van der Waals surface area contributed by atoms with Gasteiger partial charge in [0.15, 0.2) is 0 Å². The molecule has 0 amide bonds. The minimum atomic E-state index is -1.10. The van der Waals surface area contributed by atoms with Gasteiger partial charge in [-0.05, 0) is 29.7 Å². The van der Waals surface area contributed by atoms with Crippen LogP contribution in [0, 0.1) is 15.9 Å². The molecule has 0 aromatic heterocycles. The maximum atomic E-state index is 13.2. The summed E-state index contributed by atoms with van der Waals surface area (Å²) in [5, 5.41) is 20.0. The zero-order valence-electron chi connectivity index (χ0n) is 10.9. The van der Waals surface area contributed by atoms with Gasteiger partial charge in [-0.3, -0.25) is 14.9 Å². The number of benzene rings is 2. The number of hydrogen-bond acceptors (Lipinski definition) is 3. The van der Waals surface area contributed by atoms with Gasteiger partial charge in [0.1, 0.15) is 5.82 Å². The summed E-state index contributed by atoms with van der Waals surface area (Å²) in [4.78, 5) is 21.6. The molecule has 0 saturated carbocycles. The third-order valence-electron chi connectivity index (χ3n) is 3.11. The molecule has 0 saturated heterocycles. The van der Waals surface area contributed by atoms with Crippen LogP contribution in [-0.4, -0.2) is 16.0 Å². The lowest BCUT2D eigenvalue weighted by Gasteiger charge is -2.13. The highest BCUT2D eigenvalue weighted by molar-refractivity contribution is 5.76. The Balaban J connectivity index is 2.31. The van der Waals surface area contributed by atoms with Crippen molar-refractivity contribution >= 4 is 11.7 Å². The third kappa shape index (κ3) is 3.62. The Hall–Kier alpha value is -2.76. The minimum Gasteiger partial charge on any atom is -0.481 e. The van der Waals surface area contributed by atoms with Crippen molar-refractivity contribution in [3.63, 3.8) is 0 Å². The van der Waals surface area contributed by atoms with Gasteiger partial charge in [-0.25, -0.2) is 4.39 Å². The largest absolute Gasteiger partial charge is 0.481 e. The van der Waals surface area contributed by atoms with Gasteiger partial charge in [0.05, 0.1) is 10.8 Å². The normalized spacial score (nSPS) is 11.9. The number of aliphatic carboxylic acids is 1. The molecular formula is C15H12FNO4. The molecule has 108 valence electrons. The van der Waals surface area contributed by atoms with E-state index in [-0.39, 0.29) is 12.1 Å². The van der Waals surface area contributed by atoms with Gasteiger partial charge in [-0.2, -0.15) is 0 Å². The van der Waals surface area contributed by atoms with Gasteiger partial charge in [0.2, 0.25) is 0 Å². The molecule has 0 heterocycles. The van der Waals surface area contributed by atoms with Crippen LogP contribution < -0.4 is 0 Å². The molecule has 1 unspecified atom stereocenters. The van der Waals surface area contributed by atoms with Crippen LogP contribution in [0.5, 0.6) is 0 Å². The van der Waals surface area contributed by atoms with Crippen LogP contribution in [0.15, 0.2) is 48.5 Å². The molecule has 0 radical (unpaired) electrons. The molecule has 2 rings (SSSR count). The molecule has 0 aliphatic rings. The summed E-state index contributed by atoms with van der Waals surface area (Å²) in [7, 11) is 0. The molecule has 1 atom stereocenters. The molecule has 2 aromatic rings. The van der Waals surface area contributed by atoms with Gasteiger partial charge >= 0.3 is 5.97 Å². The zero-order valence-corrected chi connectivity index (χ0v) is 10.9. The van der Waals surface area contributed by atoms with Gasteiger partial charge in [0.25, 0.3) is 5.69 Å². The second-order valence-electron chi connectivity index (χ2n) is 4.58. The van der Waals surface area contributed by atoms with E-state index in [1.54, 1.807) is 6.07 Å². The number of nitro benzene ring substituents is 1. The second kappa shape index (κ2) is 6.13. The first-order valence-corrected chi connectivity index (χ1v) is 6.19. The van der Waals surface area contributed by atoms with E-state index in [4.69, 9.17) is 0 Å². The van der Waals surface area contributed by atoms with Crippen LogP contribution in [0.4, 0.5) is 10.1 Å². The summed E-state index contributed by atoms with van der Waals surface area (Å²) >= 11 is 0. The predicted molar refractivity (Wildman–Crippen MR) is 73.6 cm³/mol. The quantitative estimate of drug-likeness (QED) is 0.677. The molecule has 21 heavy (non-hydrogen) atoms. The van der Waals surface area contributed by atoms with E-state index in [2.05, 4.69) is 0 Å². The number of halogens is 1. The van der Waals surface area contributed by atoms with Crippen LogP contribution in [0.25, 0.3) is 0 Å². The molecule has 0 aliphatic carbocycles. The molecule has 1 N–H and O–H groups in total. The molecule has 5 nitrogen and oxygen atoms in total. The Morgan fingerprint density at radius 2 is 1.95 bits per heavy atom. The van der Waals surface area contributed by atoms with Gasteiger partial charge in [0, 0.05) is 12.1 Å². The molecule has 0 spiro atoms. The summed E-state index contributed by atoms with van der Waals surface area (Å²) in [6.07, 6.45) is 0.0560. The molecule has 0 aliphatic heterocycles. The van der Waals surface area contributed by atoms with Crippen LogP contribution >= 0.6 is 0 Å². The second-order valence-corrected chi connectivity index (χ2v) is 4.58. The third-order valence-corrected chi connectivity index (χ3v) is 3.11. The fourth-order valence-electron chi connectivity index (χ4n) is 2.10. The number of carbonyl (C=O) groups is 1. The Labute approximate surface area is 119 Å². The maximum Gasteiger partial charge on any atom is 0.311 e. The van der Waals surface area contributed by atoms with E-state index < -0.39 is 22.6 Å². The lowest BCUT2D eigenvalue weighted by atomic mass is 9.92. The Morgan fingerprint density at radius 3 is 2.57 bits per heavy atom. The van der Waals surface area contributed by atoms with Gasteiger partial charge in [-0.15, -0.1) is 0 Å². The van der Waals surface area contributed by atoms with Crippen molar-refractivity contribution in [2.75, 3.05) is 0 Å². The number of nitro groups is 1. The van der Waals surface area contributed by atoms with Crippen molar-refractivity contribution < 1.29 is 19.2 Å². The fourth-order valence-corrected chi connectivity index (χ4v) is 2.10. The number of hydrogen-bond donors (Lipinski definition) is 1. The number of carboxylic acids is 1. The molecule has 6 heteroatoms. The zero-order chi connectivity index (χ0) is 15.4. The highest BCUT2D eigenvalue weighted by atomic mass is 19.1. The Kier molecular flexibility index (Phi) is 4.27. The highest BCUT2D eigenvalue weighted by Gasteiger charge is 2.21. The molecule has 0 fully saturated rings. The fraction of sp³-hybridized carbons (Fsp3) is 0.133. The van der Waals surface area contributed by atoms with E-state index in [9.17, 15) is 24.4 Å². The van der Waals surface area contributed by atoms with Crippen LogP contribution in [-0.2, 0) is 11.2 Å². The highest BCUT2D eigenvalue weighted by Crippen LogP contribution is 2.24. The van der Waals surface area contributed by atoms with E-state index in [0.29, 0.717) is 11.1 Å². The van der Waals surface area contributed by atoms with Crippen molar-refractivity contribution in [2.24, 2.45) is 0 Å². The first-order valence-electron chi connectivity index (χ1n) is 6.19. The summed E-state index contributed by atoms with van der Waals surface area (Å²) in [6.45, 7) is 0. The summed E-state index contributed by atoms with van der Waals surface area (Å²) in [5.74, 6) is -2.58. The van der Waals surface area contributed by atoms with Crippen molar-refractivity contribution in [1.29, 1.82) is 0 Å². The van der Waals surface area contributed by atoms with Crippen molar-refractivity contribution in [2.45, 2.75) is 12.3 Å². The summed E-state index contributed by atoms with van der Waals surface area (Å²) < 4.78 is 13.2. The molecular weight excluding hydrogens is 277 g/mol. The molecule has 0 bridgehead atoms. The number of rotatable bonds is 5. The van der Waals surface area contributed by atoms with Gasteiger partial charge < -0.3 is 5.11 Å². The summed E-state index contributed by atoms with van der Waals surface area (Å²) in [6, 6.07) is 11.1. The predicted octanol–water partition coefficient (Wildman–Crippen LogP) is 3.14. The maximum absolute atomic E-state index is 13.2. The number of non-ortho nitro benzene ring substituents is 1. The average Bonchev–Trinajstić information content (AvgIpc) is 2.44. The van der Waals surface area contributed by atoms with Crippen LogP contribution in [0.2, 0.25) is 0 Å². The van der Waals surface area contributed by atoms with E-state index in [1.807, 2.05) is 0 Å². The van der Waals surface area contributed by atoms with Crippen molar-refractivity contribution in [3.8, 4) is 0 Å². The first kappa shape index (κ1) is 14.6. The number of nitrogens with zero attached hydrogens (tertiary/aromatic N) is 1. The van der Waals surface area contributed by atoms with E-state index in [0.717, 1.165) is 6.07 Å². The topological polar surface area (TPSA) is 80.4 Å². The summed E-state index contributed by atoms with van der Waals surface area (Å²) in [5.41, 5.74) is 0.741. The number of carboxylic acid groups (broad SMARTS) is 1. The van der Waals surface area contributed by atoms with E-state index in [1.165, 1.54) is 36.4 Å². The van der Waals surface area contributed by atoms with Crippen molar-refractivity contribution in [1.82, 2.24) is 0 Å². The smallest absolute Gasteiger partial charge is 0.311 e. The average molecular weight is 289 g/mol. The lowest BCUT2D eigenvalue weighted by Crippen LogP contribution is -2.14. The minimum absolute atomic E-state index is 0.0560. The molecule has 2 aromatic carbocycles. The van der Waals surface area contributed by atoms with Crippen LogP contribution in [0.3, 0.4) is 0 Å². The van der Waals surface area contributed by atoms with Crippen molar-refractivity contribution in [3.05, 3.63) is 75.6 Å². The SMILES string of the molecule is O=C(O)C(Cc1cccc([N+](=O)[O-])c1)c1cccc(F)c1. The monoisotopic (exact) mass is 289 g/mol.